The Bertz CT molecular complexity index is 685. The molecule has 1 saturated carbocycles. The molecule has 128 valence electrons. The SMILES string of the molecule is Cc1[nH]c(=O)n(CCC(=O)N2CC3(C)CC2CC(C)(C)C3)c1C. The number of amides is 1. The molecule has 1 aromatic rings. The highest BCUT2D eigenvalue weighted by atomic mass is 16.2. The van der Waals surface area contributed by atoms with Crippen LogP contribution in [-0.2, 0) is 11.3 Å². The van der Waals surface area contributed by atoms with Crippen LogP contribution in [0.15, 0.2) is 4.79 Å². The number of H-pyrrole nitrogens is 1. The molecule has 2 aliphatic rings. The summed E-state index contributed by atoms with van der Waals surface area (Å²) >= 11 is 0. The molecular weight excluding hydrogens is 290 g/mol. The second kappa shape index (κ2) is 5.25. The van der Waals surface area contributed by atoms with E-state index in [9.17, 15) is 9.59 Å². The Morgan fingerprint density at radius 2 is 1.96 bits per heavy atom. The van der Waals surface area contributed by atoms with Crippen molar-refractivity contribution >= 4 is 5.91 Å². The number of aromatic amines is 1. The van der Waals surface area contributed by atoms with Crippen molar-refractivity contribution in [1.29, 1.82) is 0 Å². The average Bonchev–Trinajstić information content (AvgIpc) is 2.80. The third-order valence-electron chi connectivity index (χ3n) is 5.77. The van der Waals surface area contributed by atoms with Gasteiger partial charge in [-0.05, 0) is 43.9 Å². The molecule has 3 rings (SSSR count). The Balaban J connectivity index is 1.69. The van der Waals surface area contributed by atoms with Crippen LogP contribution in [0.3, 0.4) is 0 Å². The summed E-state index contributed by atoms with van der Waals surface area (Å²) in [4.78, 5) is 29.5. The molecular formula is C18H29N3O2. The fraction of sp³-hybridized carbons (Fsp3) is 0.778. The van der Waals surface area contributed by atoms with E-state index in [-0.39, 0.29) is 17.0 Å². The summed E-state index contributed by atoms with van der Waals surface area (Å²) in [6.07, 6.45) is 3.82. The van der Waals surface area contributed by atoms with E-state index in [4.69, 9.17) is 0 Å². The summed E-state index contributed by atoms with van der Waals surface area (Å²) < 4.78 is 1.68. The van der Waals surface area contributed by atoms with Crippen molar-refractivity contribution in [2.75, 3.05) is 6.54 Å². The Morgan fingerprint density at radius 3 is 2.57 bits per heavy atom. The predicted molar refractivity (Wildman–Crippen MR) is 90.4 cm³/mol. The zero-order valence-electron chi connectivity index (χ0n) is 15.0. The third kappa shape index (κ3) is 2.98. The second-order valence-electron chi connectivity index (χ2n) is 8.78. The molecule has 1 aliphatic heterocycles. The molecule has 1 saturated heterocycles. The van der Waals surface area contributed by atoms with Crippen molar-refractivity contribution in [3.05, 3.63) is 21.9 Å². The lowest BCUT2D eigenvalue weighted by Crippen LogP contribution is -2.38. The summed E-state index contributed by atoms with van der Waals surface area (Å²) in [5.41, 5.74) is 2.28. The quantitative estimate of drug-likeness (QED) is 0.931. The van der Waals surface area contributed by atoms with Gasteiger partial charge in [-0.3, -0.25) is 9.36 Å². The second-order valence-corrected chi connectivity index (χ2v) is 8.78. The van der Waals surface area contributed by atoms with Crippen molar-refractivity contribution in [1.82, 2.24) is 14.5 Å². The average molecular weight is 319 g/mol. The number of hydrogen-bond donors (Lipinski definition) is 1. The predicted octanol–water partition coefficient (Wildman–Crippen LogP) is 2.61. The van der Waals surface area contributed by atoms with E-state index in [0.717, 1.165) is 30.8 Å². The van der Waals surface area contributed by atoms with E-state index in [2.05, 4.69) is 30.7 Å². The first kappa shape index (κ1) is 16.3. The molecule has 0 aromatic carbocycles. The zero-order valence-corrected chi connectivity index (χ0v) is 15.0. The fourth-order valence-corrected chi connectivity index (χ4v) is 5.04. The number of imidazole rings is 1. The number of aromatic nitrogens is 2. The monoisotopic (exact) mass is 319 g/mol. The molecule has 1 amide bonds. The normalized spacial score (nSPS) is 29.1. The van der Waals surface area contributed by atoms with Crippen LogP contribution in [0.4, 0.5) is 0 Å². The van der Waals surface area contributed by atoms with Gasteiger partial charge in [-0.25, -0.2) is 4.79 Å². The van der Waals surface area contributed by atoms with Gasteiger partial charge >= 0.3 is 5.69 Å². The van der Waals surface area contributed by atoms with Crippen LogP contribution in [-0.4, -0.2) is 32.9 Å². The molecule has 5 heteroatoms. The minimum absolute atomic E-state index is 0.110. The first-order chi connectivity index (χ1) is 10.6. The van der Waals surface area contributed by atoms with Gasteiger partial charge in [0, 0.05) is 36.9 Å². The first-order valence-electron chi connectivity index (χ1n) is 8.66. The summed E-state index contributed by atoms with van der Waals surface area (Å²) in [5, 5.41) is 0. The van der Waals surface area contributed by atoms with Crippen LogP contribution in [0.5, 0.6) is 0 Å². The number of carbonyl (C=O) groups excluding carboxylic acids is 1. The molecule has 1 N–H and O–H groups in total. The highest BCUT2D eigenvalue weighted by Gasteiger charge is 2.50. The van der Waals surface area contributed by atoms with Crippen LogP contribution in [0.25, 0.3) is 0 Å². The zero-order chi connectivity index (χ0) is 17.0. The van der Waals surface area contributed by atoms with Crippen LogP contribution in [0.1, 0.15) is 57.8 Å². The fourth-order valence-electron chi connectivity index (χ4n) is 5.04. The van der Waals surface area contributed by atoms with Gasteiger partial charge in [-0.1, -0.05) is 20.8 Å². The van der Waals surface area contributed by atoms with Gasteiger partial charge in [-0.15, -0.1) is 0 Å². The largest absolute Gasteiger partial charge is 0.339 e. The van der Waals surface area contributed by atoms with Crippen LogP contribution < -0.4 is 5.69 Å². The first-order valence-corrected chi connectivity index (χ1v) is 8.66. The van der Waals surface area contributed by atoms with Gasteiger partial charge in [0.2, 0.25) is 5.91 Å². The van der Waals surface area contributed by atoms with Gasteiger partial charge in [0.15, 0.2) is 0 Å². The molecule has 0 radical (unpaired) electrons. The molecule has 2 fully saturated rings. The standard InChI is InChI=1S/C18H29N3O2/c1-12-13(2)20(16(23)19-12)7-6-15(22)21-11-18(5)9-14(21)8-17(3,4)10-18/h14H,6-11H2,1-5H3,(H,19,23). The minimum atomic E-state index is -0.110. The van der Waals surface area contributed by atoms with Gasteiger partial charge in [-0.2, -0.15) is 0 Å². The highest BCUT2D eigenvalue weighted by Crippen LogP contribution is 2.52. The molecule has 2 heterocycles. The number of carbonyl (C=O) groups is 1. The number of rotatable bonds is 3. The van der Waals surface area contributed by atoms with Gasteiger partial charge in [0.25, 0.3) is 0 Å². The lowest BCUT2D eigenvalue weighted by atomic mass is 9.65. The number of hydrogen-bond acceptors (Lipinski definition) is 2. The lowest BCUT2D eigenvalue weighted by molar-refractivity contribution is -0.132. The van der Waals surface area contributed by atoms with Gasteiger partial charge in [0.05, 0.1) is 0 Å². The number of nitrogens with zero attached hydrogens (tertiary/aromatic N) is 2. The molecule has 2 bridgehead atoms. The van der Waals surface area contributed by atoms with E-state index in [1.54, 1.807) is 4.57 Å². The maximum atomic E-state index is 12.7. The molecule has 1 aliphatic carbocycles. The van der Waals surface area contributed by atoms with Gasteiger partial charge in [0.1, 0.15) is 0 Å². The van der Waals surface area contributed by atoms with E-state index in [0.29, 0.717) is 24.4 Å². The van der Waals surface area contributed by atoms with Crippen LogP contribution in [0, 0.1) is 24.7 Å². The summed E-state index contributed by atoms with van der Waals surface area (Å²) in [7, 11) is 0. The molecule has 2 atom stereocenters. The molecule has 2 unspecified atom stereocenters. The maximum absolute atomic E-state index is 12.7. The third-order valence-corrected chi connectivity index (χ3v) is 5.77. The van der Waals surface area contributed by atoms with E-state index in [1.165, 1.54) is 6.42 Å². The topological polar surface area (TPSA) is 58.1 Å². The van der Waals surface area contributed by atoms with Crippen molar-refractivity contribution in [3.63, 3.8) is 0 Å². The van der Waals surface area contributed by atoms with Crippen molar-refractivity contribution in [3.8, 4) is 0 Å². The number of fused-ring (bicyclic) bond motifs is 2. The molecule has 23 heavy (non-hydrogen) atoms. The summed E-state index contributed by atoms with van der Waals surface area (Å²) in [6, 6.07) is 0.377. The molecule has 0 spiro atoms. The number of aryl methyl sites for hydroxylation is 1. The van der Waals surface area contributed by atoms with Crippen molar-refractivity contribution in [2.45, 2.75) is 72.9 Å². The smallest absolute Gasteiger partial charge is 0.325 e. The van der Waals surface area contributed by atoms with E-state index < -0.39 is 0 Å². The summed E-state index contributed by atoms with van der Waals surface area (Å²) in [5.74, 6) is 0.196. The van der Waals surface area contributed by atoms with E-state index in [1.807, 2.05) is 13.8 Å². The molecule has 5 nitrogen and oxygen atoms in total. The minimum Gasteiger partial charge on any atom is -0.339 e. The highest BCUT2D eigenvalue weighted by molar-refractivity contribution is 5.77. The molecule has 1 aromatic heterocycles. The van der Waals surface area contributed by atoms with Gasteiger partial charge < -0.3 is 9.88 Å². The number of likely N-dealkylation sites (tertiary alicyclic amines) is 1. The number of nitrogens with one attached hydrogen (secondary N) is 1. The summed E-state index contributed by atoms with van der Waals surface area (Å²) in [6.45, 7) is 12.1. The van der Waals surface area contributed by atoms with E-state index >= 15 is 0 Å². The van der Waals surface area contributed by atoms with Crippen LogP contribution >= 0.6 is 0 Å². The Kier molecular flexibility index (Phi) is 3.73. The van der Waals surface area contributed by atoms with Crippen molar-refractivity contribution in [2.24, 2.45) is 10.8 Å². The van der Waals surface area contributed by atoms with Crippen LogP contribution in [0.2, 0.25) is 0 Å². The maximum Gasteiger partial charge on any atom is 0.325 e. The van der Waals surface area contributed by atoms with Crippen molar-refractivity contribution < 1.29 is 4.79 Å². The lowest BCUT2D eigenvalue weighted by Gasteiger charge is -2.39. The Hall–Kier alpha value is -1.52. The Labute approximate surface area is 138 Å². The Morgan fingerprint density at radius 1 is 1.26 bits per heavy atom.